The molecule has 2 atom stereocenters. The molecule has 2 unspecified atom stereocenters. The van der Waals surface area contributed by atoms with Crippen molar-refractivity contribution in [2.45, 2.75) is 6.92 Å². The fraction of sp³-hybridized carbons (Fsp3) is 0.167. The molecule has 0 fully saturated rings. The molecule has 0 aromatic heterocycles. The van der Waals surface area contributed by atoms with Crippen LogP contribution in [0.25, 0.3) is 0 Å². The number of rotatable bonds is 2. The fourth-order valence-corrected chi connectivity index (χ4v) is 3.20. The van der Waals surface area contributed by atoms with Crippen molar-refractivity contribution in [2.75, 3.05) is 0 Å². The standard InChI is InChI=1S/C18H16O/c1-4-13-10-16(12(3)19)15-7-5-6-14-9-8-11(2)17(13)18(14)15/h4-10,17-18H,1-2H2,3H3. The lowest BCUT2D eigenvalue weighted by Gasteiger charge is -2.39. The highest BCUT2D eigenvalue weighted by atomic mass is 16.1. The van der Waals surface area contributed by atoms with E-state index in [1.807, 2.05) is 18.2 Å². The number of carbonyl (C=O) groups excluding carboxylic acids is 1. The maximum absolute atomic E-state index is 11.9. The first-order chi connectivity index (χ1) is 9.13. The zero-order valence-corrected chi connectivity index (χ0v) is 11.0. The van der Waals surface area contributed by atoms with Crippen LogP contribution in [0.15, 0.2) is 83.6 Å². The van der Waals surface area contributed by atoms with E-state index >= 15 is 0 Å². The molecule has 3 aliphatic carbocycles. The summed E-state index contributed by atoms with van der Waals surface area (Å²) in [5.41, 5.74) is 5.35. The first-order valence-corrected chi connectivity index (χ1v) is 6.47. The summed E-state index contributed by atoms with van der Waals surface area (Å²) in [7, 11) is 0. The number of hydrogen-bond donors (Lipinski definition) is 0. The van der Waals surface area contributed by atoms with Gasteiger partial charge in [-0.25, -0.2) is 0 Å². The average molecular weight is 248 g/mol. The van der Waals surface area contributed by atoms with Gasteiger partial charge in [0.1, 0.15) is 0 Å². The summed E-state index contributed by atoms with van der Waals surface area (Å²) in [4.78, 5) is 11.9. The lowest BCUT2D eigenvalue weighted by Crippen LogP contribution is -2.29. The smallest absolute Gasteiger partial charge is 0.160 e. The van der Waals surface area contributed by atoms with Gasteiger partial charge in [-0.2, -0.15) is 0 Å². The van der Waals surface area contributed by atoms with Crippen LogP contribution in [0.4, 0.5) is 0 Å². The van der Waals surface area contributed by atoms with E-state index in [0.717, 1.165) is 22.3 Å². The van der Waals surface area contributed by atoms with Crippen molar-refractivity contribution in [3.63, 3.8) is 0 Å². The lowest BCUT2D eigenvalue weighted by atomic mass is 9.64. The second-order valence-corrected chi connectivity index (χ2v) is 5.16. The Labute approximate surface area is 113 Å². The van der Waals surface area contributed by atoms with Crippen molar-refractivity contribution in [3.8, 4) is 0 Å². The van der Waals surface area contributed by atoms with Crippen molar-refractivity contribution in [1.29, 1.82) is 0 Å². The van der Waals surface area contributed by atoms with Crippen LogP contribution in [0.1, 0.15) is 6.92 Å². The molecule has 0 bridgehead atoms. The Kier molecular flexibility index (Phi) is 2.63. The normalized spacial score (nSPS) is 27.7. The molecule has 94 valence electrons. The van der Waals surface area contributed by atoms with E-state index in [4.69, 9.17) is 0 Å². The minimum absolute atomic E-state index is 0.110. The zero-order chi connectivity index (χ0) is 13.6. The highest BCUT2D eigenvalue weighted by Crippen LogP contribution is 2.48. The van der Waals surface area contributed by atoms with Gasteiger partial charge in [-0.1, -0.05) is 49.6 Å². The largest absolute Gasteiger partial charge is 0.295 e. The van der Waals surface area contributed by atoms with Gasteiger partial charge in [0, 0.05) is 17.4 Å². The Morgan fingerprint density at radius 1 is 1.26 bits per heavy atom. The van der Waals surface area contributed by atoms with Crippen molar-refractivity contribution in [1.82, 2.24) is 0 Å². The summed E-state index contributed by atoms with van der Waals surface area (Å²) in [6.07, 6.45) is 14.2. The summed E-state index contributed by atoms with van der Waals surface area (Å²) in [6.45, 7) is 9.68. The van der Waals surface area contributed by atoms with Crippen molar-refractivity contribution in [2.24, 2.45) is 11.8 Å². The van der Waals surface area contributed by atoms with Gasteiger partial charge in [-0.15, -0.1) is 0 Å². The topological polar surface area (TPSA) is 17.1 Å². The van der Waals surface area contributed by atoms with Gasteiger partial charge >= 0.3 is 0 Å². The first kappa shape index (κ1) is 11.9. The van der Waals surface area contributed by atoms with Gasteiger partial charge in [0.25, 0.3) is 0 Å². The first-order valence-electron chi connectivity index (χ1n) is 6.47. The maximum atomic E-state index is 11.9. The highest BCUT2D eigenvalue weighted by molar-refractivity contribution is 5.98. The van der Waals surface area contributed by atoms with Gasteiger partial charge in [0.05, 0.1) is 0 Å². The van der Waals surface area contributed by atoms with Crippen LogP contribution < -0.4 is 0 Å². The third kappa shape index (κ3) is 1.66. The maximum Gasteiger partial charge on any atom is 0.160 e. The van der Waals surface area contributed by atoms with E-state index in [0.29, 0.717) is 0 Å². The summed E-state index contributed by atoms with van der Waals surface area (Å²) in [5, 5.41) is 0. The predicted molar refractivity (Wildman–Crippen MR) is 78.5 cm³/mol. The number of carbonyl (C=O) groups is 1. The van der Waals surface area contributed by atoms with Gasteiger partial charge < -0.3 is 0 Å². The SMILES string of the molecule is C=CC1=CC(C(C)=O)=C2C=CC=C3C=CC(=C)C1C32. The second-order valence-electron chi connectivity index (χ2n) is 5.16. The molecule has 3 rings (SSSR count). The Morgan fingerprint density at radius 3 is 2.74 bits per heavy atom. The highest BCUT2D eigenvalue weighted by Gasteiger charge is 2.37. The fourth-order valence-electron chi connectivity index (χ4n) is 3.20. The van der Waals surface area contributed by atoms with Crippen LogP contribution in [0, 0.1) is 11.8 Å². The molecule has 1 nitrogen and oxygen atoms in total. The molecular weight excluding hydrogens is 232 g/mol. The minimum Gasteiger partial charge on any atom is -0.295 e. The molecule has 1 heteroatoms. The van der Waals surface area contributed by atoms with Crippen LogP contribution >= 0.6 is 0 Å². The van der Waals surface area contributed by atoms with Gasteiger partial charge in [0.2, 0.25) is 0 Å². The zero-order valence-electron chi connectivity index (χ0n) is 11.0. The van der Waals surface area contributed by atoms with Crippen LogP contribution in [0.5, 0.6) is 0 Å². The summed E-state index contributed by atoms with van der Waals surface area (Å²) in [5.74, 6) is 0.551. The molecule has 0 spiro atoms. The molecule has 19 heavy (non-hydrogen) atoms. The molecule has 0 aromatic carbocycles. The Morgan fingerprint density at radius 2 is 2.05 bits per heavy atom. The van der Waals surface area contributed by atoms with Crippen LogP contribution in [-0.4, -0.2) is 5.78 Å². The molecule has 0 aromatic rings. The summed E-state index contributed by atoms with van der Waals surface area (Å²) in [6, 6.07) is 0. The quantitative estimate of drug-likeness (QED) is 0.725. The molecule has 0 amide bonds. The van der Waals surface area contributed by atoms with E-state index in [1.165, 1.54) is 5.57 Å². The van der Waals surface area contributed by atoms with Gasteiger partial charge in [-0.05, 0) is 35.3 Å². The van der Waals surface area contributed by atoms with E-state index in [1.54, 1.807) is 6.92 Å². The molecule has 0 heterocycles. The van der Waals surface area contributed by atoms with Crippen molar-refractivity contribution >= 4 is 5.78 Å². The molecule has 0 aliphatic heterocycles. The summed E-state index contributed by atoms with van der Waals surface area (Å²) >= 11 is 0. The second kappa shape index (κ2) is 4.20. The number of Topliss-reactive ketones (excluding diaryl/α,β-unsaturated/α-hetero) is 1. The molecular formula is C18H16O. The molecule has 0 saturated carbocycles. The van der Waals surface area contributed by atoms with E-state index < -0.39 is 0 Å². The minimum atomic E-state index is 0.110. The van der Waals surface area contributed by atoms with E-state index in [2.05, 4.69) is 37.5 Å². The molecule has 0 radical (unpaired) electrons. The van der Waals surface area contributed by atoms with Crippen molar-refractivity contribution < 1.29 is 4.79 Å². The lowest BCUT2D eigenvalue weighted by molar-refractivity contribution is -0.113. The van der Waals surface area contributed by atoms with E-state index in [-0.39, 0.29) is 17.6 Å². The molecule has 3 aliphatic rings. The van der Waals surface area contributed by atoms with Crippen LogP contribution in [0.2, 0.25) is 0 Å². The number of allylic oxidation sites excluding steroid dienone is 12. The monoisotopic (exact) mass is 248 g/mol. The number of hydrogen-bond acceptors (Lipinski definition) is 1. The van der Waals surface area contributed by atoms with Crippen molar-refractivity contribution in [3.05, 3.63) is 83.6 Å². The Balaban J connectivity index is 2.29. The summed E-state index contributed by atoms with van der Waals surface area (Å²) < 4.78 is 0. The predicted octanol–water partition coefficient (Wildman–Crippen LogP) is 3.85. The third-order valence-corrected chi connectivity index (χ3v) is 4.08. The van der Waals surface area contributed by atoms with Crippen LogP contribution in [-0.2, 0) is 4.79 Å². The van der Waals surface area contributed by atoms with Gasteiger partial charge in [0.15, 0.2) is 5.78 Å². The third-order valence-electron chi connectivity index (χ3n) is 4.08. The Hall–Kier alpha value is -2.15. The Bertz CT molecular complexity index is 647. The van der Waals surface area contributed by atoms with Gasteiger partial charge in [-0.3, -0.25) is 4.79 Å². The molecule has 0 saturated heterocycles. The number of ketones is 1. The van der Waals surface area contributed by atoms with Crippen LogP contribution in [0.3, 0.4) is 0 Å². The molecule has 0 N–H and O–H groups in total. The van der Waals surface area contributed by atoms with E-state index in [9.17, 15) is 4.79 Å². The average Bonchev–Trinajstić information content (AvgIpc) is 2.42.